The molecule has 1 unspecified atom stereocenters. The Kier molecular flexibility index (Phi) is 11.4. The summed E-state index contributed by atoms with van der Waals surface area (Å²) in [5, 5.41) is 0. The highest BCUT2D eigenvalue weighted by atomic mass is 16.2. The Hall–Kier alpha value is -0.860. The maximum absolute atomic E-state index is 11.2. The Morgan fingerprint density at radius 1 is 0.900 bits per heavy atom. The molecule has 1 rings (SSSR count). The van der Waals surface area contributed by atoms with Gasteiger partial charge in [0.2, 0.25) is 11.8 Å². The number of hydrogen-bond acceptors (Lipinski definition) is 2. The number of rotatable bonds is 8. The van der Waals surface area contributed by atoms with Crippen molar-refractivity contribution in [2.24, 2.45) is 5.92 Å². The molecule has 0 bridgehead atoms. The SMILES string of the molecule is CCCCCCCCC.CCCN1C(=O)CC(C)C1=O. The second kappa shape index (κ2) is 11.9. The molecule has 1 aliphatic rings. The number of nitrogens with zero attached hydrogens (tertiary/aromatic N) is 1. The number of hydrogen-bond donors (Lipinski definition) is 0. The van der Waals surface area contributed by atoms with E-state index >= 15 is 0 Å². The molecular formula is C17H33NO2. The molecule has 1 aliphatic heterocycles. The molecule has 2 amide bonds. The molecule has 1 fully saturated rings. The summed E-state index contributed by atoms with van der Waals surface area (Å²) in [5.74, 6) is -0.102. The molecule has 0 aliphatic carbocycles. The summed E-state index contributed by atoms with van der Waals surface area (Å²) in [4.78, 5) is 23.7. The van der Waals surface area contributed by atoms with Crippen LogP contribution in [-0.2, 0) is 9.59 Å². The third kappa shape index (κ3) is 7.66. The number of amides is 2. The van der Waals surface area contributed by atoms with Gasteiger partial charge in [-0.25, -0.2) is 0 Å². The van der Waals surface area contributed by atoms with Gasteiger partial charge in [0.05, 0.1) is 0 Å². The quantitative estimate of drug-likeness (QED) is 0.484. The van der Waals surface area contributed by atoms with Gasteiger partial charge in [0.1, 0.15) is 0 Å². The van der Waals surface area contributed by atoms with E-state index in [4.69, 9.17) is 0 Å². The molecule has 0 aromatic heterocycles. The van der Waals surface area contributed by atoms with E-state index in [0.717, 1.165) is 6.42 Å². The average Bonchev–Trinajstić information content (AvgIpc) is 2.67. The van der Waals surface area contributed by atoms with Crippen molar-refractivity contribution in [3.05, 3.63) is 0 Å². The monoisotopic (exact) mass is 283 g/mol. The standard InChI is InChI=1S/C9H20.C8H13NO2/c1-3-5-7-9-8-6-4-2;1-3-4-9-7(10)5-6(2)8(9)11/h3-9H2,1-2H3;6H,3-5H2,1-2H3. The number of carbonyl (C=O) groups is 2. The summed E-state index contributed by atoms with van der Waals surface area (Å²) >= 11 is 0. The predicted octanol–water partition coefficient (Wildman–Crippen LogP) is 4.55. The van der Waals surface area contributed by atoms with Gasteiger partial charge in [-0.1, -0.05) is 72.6 Å². The highest BCUT2D eigenvalue weighted by molar-refractivity contribution is 6.03. The minimum Gasteiger partial charge on any atom is -0.282 e. The number of unbranched alkanes of at least 4 members (excludes halogenated alkanes) is 6. The molecule has 0 aromatic rings. The van der Waals surface area contributed by atoms with E-state index in [1.54, 1.807) is 6.92 Å². The number of carbonyl (C=O) groups excluding carboxylic acids is 2. The Balaban J connectivity index is 0.000000370. The van der Waals surface area contributed by atoms with Crippen molar-refractivity contribution in [2.45, 2.75) is 85.5 Å². The first-order chi connectivity index (χ1) is 9.58. The fourth-order valence-electron chi connectivity index (χ4n) is 2.34. The van der Waals surface area contributed by atoms with Crippen LogP contribution < -0.4 is 0 Å². The summed E-state index contributed by atoms with van der Waals surface area (Å²) in [5.41, 5.74) is 0. The topological polar surface area (TPSA) is 37.4 Å². The molecule has 3 nitrogen and oxygen atoms in total. The van der Waals surface area contributed by atoms with Gasteiger partial charge < -0.3 is 0 Å². The third-order valence-electron chi connectivity index (χ3n) is 3.62. The van der Waals surface area contributed by atoms with Crippen LogP contribution in [0.1, 0.15) is 85.5 Å². The fraction of sp³-hybridized carbons (Fsp3) is 0.882. The van der Waals surface area contributed by atoms with Gasteiger partial charge in [-0.05, 0) is 6.42 Å². The van der Waals surface area contributed by atoms with Crippen LogP contribution in [0.15, 0.2) is 0 Å². The average molecular weight is 283 g/mol. The van der Waals surface area contributed by atoms with E-state index < -0.39 is 0 Å². The summed E-state index contributed by atoms with van der Waals surface area (Å²) in [7, 11) is 0. The zero-order chi connectivity index (χ0) is 15.4. The molecule has 1 heterocycles. The number of imide groups is 1. The maximum Gasteiger partial charge on any atom is 0.232 e. The largest absolute Gasteiger partial charge is 0.282 e. The second-order valence-electron chi connectivity index (χ2n) is 5.76. The summed E-state index contributed by atoms with van der Waals surface area (Å²) in [6.07, 6.45) is 11.2. The molecule has 118 valence electrons. The second-order valence-corrected chi connectivity index (χ2v) is 5.76. The molecule has 1 atom stereocenters. The van der Waals surface area contributed by atoms with Crippen LogP contribution in [0.3, 0.4) is 0 Å². The highest BCUT2D eigenvalue weighted by Gasteiger charge is 2.34. The van der Waals surface area contributed by atoms with Gasteiger partial charge in [-0.2, -0.15) is 0 Å². The van der Waals surface area contributed by atoms with Gasteiger partial charge in [-0.15, -0.1) is 0 Å². The zero-order valence-corrected chi connectivity index (χ0v) is 13.9. The Labute approximate surface area is 125 Å². The lowest BCUT2D eigenvalue weighted by Crippen LogP contribution is -2.30. The van der Waals surface area contributed by atoms with Crippen molar-refractivity contribution in [1.29, 1.82) is 0 Å². The molecule has 0 radical (unpaired) electrons. The van der Waals surface area contributed by atoms with Crippen LogP contribution >= 0.6 is 0 Å². The van der Waals surface area contributed by atoms with Gasteiger partial charge in [-0.3, -0.25) is 14.5 Å². The van der Waals surface area contributed by atoms with Gasteiger partial charge in [0.15, 0.2) is 0 Å². The van der Waals surface area contributed by atoms with Crippen molar-refractivity contribution in [2.75, 3.05) is 6.54 Å². The van der Waals surface area contributed by atoms with Crippen LogP contribution in [0.25, 0.3) is 0 Å². The van der Waals surface area contributed by atoms with Crippen LogP contribution in [0.4, 0.5) is 0 Å². The van der Waals surface area contributed by atoms with Crippen molar-refractivity contribution in [3.63, 3.8) is 0 Å². The molecule has 0 aromatic carbocycles. The summed E-state index contributed by atoms with van der Waals surface area (Å²) < 4.78 is 0. The van der Waals surface area contributed by atoms with E-state index in [-0.39, 0.29) is 17.7 Å². The first-order valence-corrected chi connectivity index (χ1v) is 8.42. The molecule has 3 heteroatoms. The van der Waals surface area contributed by atoms with E-state index in [1.807, 2.05) is 6.92 Å². The minimum atomic E-state index is -0.0888. The van der Waals surface area contributed by atoms with Crippen LogP contribution in [0.5, 0.6) is 0 Å². The zero-order valence-electron chi connectivity index (χ0n) is 13.9. The first-order valence-electron chi connectivity index (χ1n) is 8.42. The minimum absolute atomic E-state index is 0.00292. The Morgan fingerprint density at radius 3 is 1.75 bits per heavy atom. The summed E-state index contributed by atoms with van der Waals surface area (Å²) in [6.45, 7) is 8.88. The Bertz CT molecular complexity index is 270. The molecule has 0 saturated carbocycles. The van der Waals surface area contributed by atoms with E-state index in [9.17, 15) is 9.59 Å². The predicted molar refractivity (Wildman–Crippen MR) is 84.5 cm³/mol. The van der Waals surface area contributed by atoms with Crippen molar-refractivity contribution in [1.82, 2.24) is 4.90 Å². The van der Waals surface area contributed by atoms with Gasteiger partial charge in [0.25, 0.3) is 0 Å². The van der Waals surface area contributed by atoms with E-state index in [1.165, 1.54) is 49.8 Å². The molecule has 0 N–H and O–H groups in total. The Morgan fingerprint density at radius 2 is 1.40 bits per heavy atom. The van der Waals surface area contributed by atoms with Crippen molar-refractivity contribution in [3.8, 4) is 0 Å². The number of likely N-dealkylation sites (tertiary alicyclic amines) is 1. The molecule has 0 spiro atoms. The smallest absolute Gasteiger partial charge is 0.232 e. The van der Waals surface area contributed by atoms with Gasteiger partial charge in [0, 0.05) is 18.9 Å². The third-order valence-corrected chi connectivity index (χ3v) is 3.62. The summed E-state index contributed by atoms with van der Waals surface area (Å²) in [6, 6.07) is 0. The normalized spacial score (nSPS) is 18.2. The first kappa shape index (κ1) is 19.1. The van der Waals surface area contributed by atoms with E-state index in [0.29, 0.717) is 13.0 Å². The van der Waals surface area contributed by atoms with Crippen molar-refractivity contribution >= 4 is 11.8 Å². The molecular weight excluding hydrogens is 250 g/mol. The maximum atomic E-state index is 11.2. The molecule has 1 saturated heterocycles. The lowest BCUT2D eigenvalue weighted by Gasteiger charge is -2.11. The van der Waals surface area contributed by atoms with Crippen molar-refractivity contribution < 1.29 is 9.59 Å². The van der Waals surface area contributed by atoms with E-state index in [2.05, 4.69) is 13.8 Å². The lowest BCUT2D eigenvalue weighted by atomic mass is 10.1. The van der Waals surface area contributed by atoms with Crippen LogP contribution in [0, 0.1) is 5.92 Å². The lowest BCUT2D eigenvalue weighted by molar-refractivity contribution is -0.139. The molecule has 20 heavy (non-hydrogen) atoms. The van der Waals surface area contributed by atoms with Crippen LogP contribution in [-0.4, -0.2) is 23.3 Å². The van der Waals surface area contributed by atoms with Gasteiger partial charge >= 0.3 is 0 Å². The highest BCUT2D eigenvalue weighted by Crippen LogP contribution is 2.18. The fourth-order valence-corrected chi connectivity index (χ4v) is 2.34. The van der Waals surface area contributed by atoms with Crippen LogP contribution in [0.2, 0.25) is 0 Å².